The minimum Gasteiger partial charge on any atom is -0.390 e. The smallest absolute Gasteiger partial charge is 0.0797 e. The van der Waals surface area contributed by atoms with E-state index in [2.05, 4.69) is 20.1 Å². The first-order valence-electron chi connectivity index (χ1n) is 8.38. The van der Waals surface area contributed by atoms with Gasteiger partial charge in [-0.3, -0.25) is 0 Å². The topological polar surface area (TPSA) is 40.5 Å². The van der Waals surface area contributed by atoms with E-state index in [-0.39, 0.29) is 5.41 Å². The molecule has 2 fully saturated rings. The molecule has 0 aromatic heterocycles. The molecule has 120 valence electrons. The minimum absolute atomic E-state index is 0.119. The van der Waals surface area contributed by atoms with Crippen LogP contribution in [0.15, 0.2) is 24.8 Å². The molecular formula is C19H32O2. The summed E-state index contributed by atoms with van der Waals surface area (Å²) in [5.41, 5.74) is 0.0773. The Morgan fingerprint density at radius 3 is 2.67 bits per heavy atom. The largest absolute Gasteiger partial charge is 0.390 e. The molecule has 0 saturated heterocycles. The average Bonchev–Trinajstić information content (AvgIpc) is 2.36. The van der Waals surface area contributed by atoms with Crippen LogP contribution in [0.25, 0.3) is 0 Å². The molecule has 2 aliphatic carbocycles. The molecule has 2 N–H and O–H groups in total. The molecular weight excluding hydrogens is 260 g/mol. The van der Waals surface area contributed by atoms with Gasteiger partial charge in [-0.25, -0.2) is 0 Å². The Balaban J connectivity index is 2.21. The predicted molar refractivity (Wildman–Crippen MR) is 88.0 cm³/mol. The van der Waals surface area contributed by atoms with Gasteiger partial charge in [-0.05, 0) is 69.6 Å². The second-order valence-corrected chi connectivity index (χ2v) is 8.12. The Bertz CT molecular complexity index is 421. The van der Waals surface area contributed by atoms with Crippen molar-refractivity contribution in [3.8, 4) is 0 Å². The normalized spacial score (nSPS) is 43.0. The van der Waals surface area contributed by atoms with Crippen molar-refractivity contribution in [3.05, 3.63) is 24.8 Å². The molecule has 2 rings (SSSR count). The van der Waals surface area contributed by atoms with Gasteiger partial charge in [0.05, 0.1) is 11.2 Å². The van der Waals surface area contributed by atoms with Crippen LogP contribution in [-0.4, -0.2) is 21.4 Å². The third-order valence-corrected chi connectivity index (χ3v) is 6.37. The lowest BCUT2D eigenvalue weighted by molar-refractivity contribution is -0.127. The van der Waals surface area contributed by atoms with Crippen LogP contribution in [0.4, 0.5) is 0 Å². The van der Waals surface area contributed by atoms with Crippen LogP contribution in [-0.2, 0) is 0 Å². The maximum atomic E-state index is 10.8. The summed E-state index contributed by atoms with van der Waals surface area (Å²) in [5.74, 6) is 0.748. The summed E-state index contributed by atoms with van der Waals surface area (Å²) in [6.07, 6.45) is 8.50. The number of fused-ring (bicyclic) bond motifs is 1. The summed E-state index contributed by atoms with van der Waals surface area (Å²) in [7, 11) is 0. The van der Waals surface area contributed by atoms with Gasteiger partial charge in [0.1, 0.15) is 0 Å². The summed E-state index contributed by atoms with van der Waals surface area (Å²) in [6, 6.07) is 0. The molecule has 2 heteroatoms. The number of rotatable bonds is 4. The molecule has 0 bridgehead atoms. The zero-order chi connectivity index (χ0) is 15.9. The first-order chi connectivity index (χ1) is 9.62. The highest BCUT2D eigenvalue weighted by atomic mass is 16.3. The SMILES string of the molecule is C=CC(C)(O)CCC1C(=C)CCC2C(C)(O)CCCC12C. The number of allylic oxidation sites excluding steroid dienone is 1. The van der Waals surface area contributed by atoms with E-state index in [0.29, 0.717) is 18.3 Å². The summed E-state index contributed by atoms with van der Waals surface area (Å²) < 4.78 is 0. The third-order valence-electron chi connectivity index (χ3n) is 6.37. The van der Waals surface area contributed by atoms with Crippen molar-refractivity contribution in [1.82, 2.24) is 0 Å². The van der Waals surface area contributed by atoms with Crippen molar-refractivity contribution >= 4 is 0 Å². The molecule has 2 aliphatic rings. The summed E-state index contributed by atoms with van der Waals surface area (Å²) >= 11 is 0. The van der Waals surface area contributed by atoms with Crippen LogP contribution in [0.3, 0.4) is 0 Å². The van der Waals surface area contributed by atoms with Crippen LogP contribution in [0.2, 0.25) is 0 Å². The molecule has 5 unspecified atom stereocenters. The Morgan fingerprint density at radius 1 is 1.38 bits per heavy atom. The molecule has 21 heavy (non-hydrogen) atoms. The number of aliphatic hydroxyl groups is 2. The van der Waals surface area contributed by atoms with Gasteiger partial charge in [0.15, 0.2) is 0 Å². The minimum atomic E-state index is -0.805. The van der Waals surface area contributed by atoms with E-state index in [1.165, 1.54) is 5.57 Å². The lowest BCUT2D eigenvalue weighted by Crippen LogP contribution is -2.54. The Hall–Kier alpha value is -0.600. The zero-order valence-electron chi connectivity index (χ0n) is 14.0. The zero-order valence-corrected chi connectivity index (χ0v) is 14.0. The second-order valence-electron chi connectivity index (χ2n) is 8.12. The summed E-state index contributed by atoms with van der Waals surface area (Å²) in [6.45, 7) is 14.2. The highest BCUT2D eigenvalue weighted by Crippen LogP contribution is 2.59. The van der Waals surface area contributed by atoms with Crippen LogP contribution < -0.4 is 0 Å². The van der Waals surface area contributed by atoms with E-state index in [1.807, 2.05) is 13.8 Å². The molecule has 0 radical (unpaired) electrons. The number of hydrogen-bond donors (Lipinski definition) is 2. The highest BCUT2D eigenvalue weighted by Gasteiger charge is 2.53. The van der Waals surface area contributed by atoms with E-state index in [4.69, 9.17) is 0 Å². The van der Waals surface area contributed by atoms with E-state index < -0.39 is 11.2 Å². The lowest BCUT2D eigenvalue weighted by atomic mass is 9.49. The molecule has 5 atom stereocenters. The van der Waals surface area contributed by atoms with E-state index >= 15 is 0 Å². The Kier molecular flexibility index (Phi) is 4.43. The standard InChI is InChI=1S/C19H32O2/c1-6-17(3,20)13-10-15-14(2)8-9-16-18(15,4)11-7-12-19(16,5)21/h6,15-16,20-21H,1-2,7-13H2,3-5H3. The van der Waals surface area contributed by atoms with Crippen LogP contribution in [0.5, 0.6) is 0 Å². The molecule has 0 heterocycles. The Morgan fingerprint density at radius 2 is 2.05 bits per heavy atom. The maximum Gasteiger partial charge on any atom is 0.0797 e. The van der Waals surface area contributed by atoms with Gasteiger partial charge in [-0.15, -0.1) is 6.58 Å². The molecule has 0 spiro atoms. The first kappa shape index (κ1) is 16.8. The van der Waals surface area contributed by atoms with E-state index in [1.54, 1.807) is 6.08 Å². The highest BCUT2D eigenvalue weighted by molar-refractivity contribution is 5.17. The fraction of sp³-hybridized carbons (Fsp3) is 0.789. The molecule has 0 aromatic carbocycles. The summed E-state index contributed by atoms with van der Waals surface area (Å²) in [4.78, 5) is 0. The van der Waals surface area contributed by atoms with Gasteiger partial charge in [-0.2, -0.15) is 0 Å². The monoisotopic (exact) mass is 292 g/mol. The summed E-state index contributed by atoms with van der Waals surface area (Å²) in [5, 5.41) is 21.0. The molecule has 2 nitrogen and oxygen atoms in total. The first-order valence-corrected chi connectivity index (χ1v) is 8.38. The molecule has 0 amide bonds. The van der Waals surface area contributed by atoms with Crippen LogP contribution in [0.1, 0.15) is 65.7 Å². The fourth-order valence-electron chi connectivity index (χ4n) is 4.99. The van der Waals surface area contributed by atoms with E-state index in [0.717, 1.165) is 38.5 Å². The van der Waals surface area contributed by atoms with Gasteiger partial charge in [0.25, 0.3) is 0 Å². The van der Waals surface area contributed by atoms with Crippen molar-refractivity contribution in [2.24, 2.45) is 17.3 Å². The maximum absolute atomic E-state index is 10.8. The lowest BCUT2D eigenvalue weighted by Gasteiger charge is -2.57. The molecule has 2 saturated carbocycles. The average molecular weight is 292 g/mol. The van der Waals surface area contributed by atoms with Crippen molar-refractivity contribution in [2.75, 3.05) is 0 Å². The van der Waals surface area contributed by atoms with Gasteiger partial charge >= 0.3 is 0 Å². The Labute approximate surface area is 130 Å². The van der Waals surface area contributed by atoms with Crippen molar-refractivity contribution in [1.29, 1.82) is 0 Å². The molecule has 0 aromatic rings. The fourth-order valence-corrected chi connectivity index (χ4v) is 4.99. The number of hydrogen-bond acceptors (Lipinski definition) is 2. The van der Waals surface area contributed by atoms with Crippen LogP contribution >= 0.6 is 0 Å². The van der Waals surface area contributed by atoms with Crippen molar-refractivity contribution < 1.29 is 10.2 Å². The van der Waals surface area contributed by atoms with Crippen molar-refractivity contribution in [3.63, 3.8) is 0 Å². The molecule has 0 aliphatic heterocycles. The van der Waals surface area contributed by atoms with E-state index in [9.17, 15) is 10.2 Å². The van der Waals surface area contributed by atoms with Gasteiger partial charge in [0.2, 0.25) is 0 Å². The van der Waals surface area contributed by atoms with Crippen LogP contribution in [0, 0.1) is 17.3 Å². The third kappa shape index (κ3) is 3.12. The van der Waals surface area contributed by atoms with Crippen molar-refractivity contribution in [2.45, 2.75) is 76.9 Å². The van der Waals surface area contributed by atoms with Gasteiger partial charge in [-0.1, -0.05) is 31.6 Å². The van der Waals surface area contributed by atoms with Gasteiger partial charge < -0.3 is 10.2 Å². The van der Waals surface area contributed by atoms with Gasteiger partial charge in [0, 0.05) is 0 Å². The second kappa shape index (κ2) is 5.55. The predicted octanol–water partition coefficient (Wildman–Crippen LogP) is 4.23. The quantitative estimate of drug-likeness (QED) is 0.761.